The summed E-state index contributed by atoms with van der Waals surface area (Å²) in [6.07, 6.45) is 14.4. The number of hydrogen-bond acceptors (Lipinski definition) is 8. The predicted octanol–water partition coefficient (Wildman–Crippen LogP) is 2.21. The van der Waals surface area contributed by atoms with Crippen molar-refractivity contribution in [3.05, 3.63) is 49.7 Å². The highest BCUT2D eigenvalue weighted by Gasteiger charge is 2.54. The van der Waals surface area contributed by atoms with Gasteiger partial charge in [0.05, 0.1) is 35.1 Å². The Kier molecular flexibility index (Phi) is 4.04. The molecule has 0 aromatic carbocycles. The van der Waals surface area contributed by atoms with Crippen molar-refractivity contribution in [2.75, 3.05) is 6.61 Å². The summed E-state index contributed by atoms with van der Waals surface area (Å²) in [5.41, 5.74) is 2.20. The normalized spacial score (nSPS) is 33.3. The fourth-order valence-corrected chi connectivity index (χ4v) is 3.59. The minimum atomic E-state index is -1.03. The molecule has 0 radical (unpaired) electrons. The Morgan fingerprint density at radius 3 is 2.75 bits per heavy atom. The van der Waals surface area contributed by atoms with Crippen molar-refractivity contribution in [3.8, 4) is 0 Å². The monoisotopic (exact) mass is 342 g/mol. The summed E-state index contributed by atoms with van der Waals surface area (Å²) < 4.78 is 17.4. The molecule has 3 unspecified atom stereocenters. The minimum Gasteiger partial charge on any atom is -0.493 e. The smallest absolute Gasteiger partial charge is 0.230 e. The van der Waals surface area contributed by atoms with Crippen LogP contribution in [0.1, 0.15) is 0 Å². The van der Waals surface area contributed by atoms with E-state index in [1.807, 2.05) is 6.08 Å². The molecule has 3 atom stereocenters. The number of thioether (sulfide) groups is 1. The molecule has 0 saturated heterocycles. The second-order valence-electron chi connectivity index (χ2n) is 5.12. The van der Waals surface area contributed by atoms with Crippen molar-refractivity contribution in [1.82, 2.24) is 0 Å². The van der Waals surface area contributed by atoms with Gasteiger partial charge in [0.25, 0.3) is 0 Å². The molecule has 24 heavy (non-hydrogen) atoms. The third-order valence-corrected chi connectivity index (χ3v) is 4.74. The highest BCUT2D eigenvalue weighted by Crippen LogP contribution is 2.34. The molecule has 0 aromatic heterocycles. The average molecular weight is 342 g/mol. The molecule has 0 saturated carbocycles. The molecule has 4 aliphatic rings. The first-order valence-electron chi connectivity index (χ1n) is 7.33. The zero-order chi connectivity index (χ0) is 16.2. The van der Waals surface area contributed by atoms with Crippen LogP contribution in [0.5, 0.6) is 0 Å². The third-order valence-electron chi connectivity index (χ3n) is 3.82. The van der Waals surface area contributed by atoms with Gasteiger partial charge in [-0.3, -0.25) is 20.0 Å². The van der Waals surface area contributed by atoms with Crippen molar-refractivity contribution < 1.29 is 14.2 Å². The first kappa shape index (κ1) is 14.9. The van der Waals surface area contributed by atoms with Gasteiger partial charge in [-0.2, -0.15) is 0 Å². The van der Waals surface area contributed by atoms with E-state index in [1.54, 1.807) is 60.8 Å². The highest BCUT2D eigenvalue weighted by molar-refractivity contribution is 8.13. The molecule has 0 fully saturated rings. The Hall–Kier alpha value is -2.61. The van der Waals surface area contributed by atoms with E-state index in [0.29, 0.717) is 5.71 Å². The number of ether oxygens (including phenoxy) is 3. The molecule has 0 aromatic rings. The largest absolute Gasteiger partial charge is 0.493 e. The number of rotatable bonds is 3. The van der Waals surface area contributed by atoms with Crippen LogP contribution in [0.4, 0.5) is 0 Å². The van der Waals surface area contributed by atoms with Gasteiger partial charge in [0.2, 0.25) is 5.60 Å². The Morgan fingerprint density at radius 2 is 2.00 bits per heavy atom. The topological polar surface area (TPSA) is 77.1 Å². The van der Waals surface area contributed by atoms with Gasteiger partial charge in [-0.25, -0.2) is 0 Å². The Labute approximate surface area is 142 Å². The van der Waals surface area contributed by atoms with E-state index in [2.05, 4.69) is 20.0 Å². The number of hydrogen-bond donors (Lipinski definition) is 0. The summed E-state index contributed by atoms with van der Waals surface area (Å²) in [6, 6.07) is 0. The van der Waals surface area contributed by atoms with E-state index >= 15 is 0 Å². The van der Waals surface area contributed by atoms with Crippen molar-refractivity contribution in [2.45, 2.75) is 17.0 Å². The van der Waals surface area contributed by atoms with Gasteiger partial charge in [0.15, 0.2) is 6.10 Å². The zero-order valence-corrected chi connectivity index (χ0v) is 13.4. The van der Waals surface area contributed by atoms with E-state index in [1.165, 1.54) is 6.26 Å². The molecule has 4 heterocycles. The molecule has 4 rings (SSSR count). The van der Waals surface area contributed by atoms with Gasteiger partial charge in [0.1, 0.15) is 31.1 Å². The van der Waals surface area contributed by atoms with Crippen LogP contribution in [0.15, 0.2) is 69.6 Å². The second kappa shape index (κ2) is 6.48. The quantitative estimate of drug-likeness (QED) is 0.788. The maximum atomic E-state index is 6.11. The number of aliphatic imine (C=N–C) groups is 4. The van der Waals surface area contributed by atoms with Crippen LogP contribution in [-0.2, 0) is 14.2 Å². The predicted molar refractivity (Wildman–Crippen MR) is 94.4 cm³/mol. The first-order chi connectivity index (χ1) is 11.9. The van der Waals surface area contributed by atoms with Crippen molar-refractivity contribution in [1.29, 1.82) is 0 Å². The molecule has 0 N–H and O–H groups in total. The first-order valence-corrected chi connectivity index (χ1v) is 8.28. The van der Waals surface area contributed by atoms with E-state index in [-0.39, 0.29) is 11.9 Å². The van der Waals surface area contributed by atoms with Crippen LogP contribution in [0.3, 0.4) is 0 Å². The Bertz CT molecular complexity index is 750. The van der Waals surface area contributed by atoms with Crippen LogP contribution in [0, 0.1) is 0 Å². The molecule has 8 heteroatoms. The Balaban J connectivity index is 1.81. The maximum absolute atomic E-state index is 6.11. The summed E-state index contributed by atoms with van der Waals surface area (Å²) in [6.45, 7) is 0.288. The van der Waals surface area contributed by atoms with Gasteiger partial charge in [-0.15, -0.1) is 11.8 Å². The summed E-state index contributed by atoms with van der Waals surface area (Å²) in [4.78, 5) is 17.4. The molecule has 0 aliphatic carbocycles. The molecule has 7 nitrogen and oxygen atoms in total. The summed E-state index contributed by atoms with van der Waals surface area (Å²) in [7, 11) is 0. The Morgan fingerprint density at radius 1 is 1.04 bits per heavy atom. The summed E-state index contributed by atoms with van der Waals surface area (Å²) in [5, 5.41) is -0.0519. The van der Waals surface area contributed by atoms with Crippen molar-refractivity contribution in [3.63, 3.8) is 0 Å². The van der Waals surface area contributed by atoms with E-state index in [9.17, 15) is 0 Å². The van der Waals surface area contributed by atoms with Crippen molar-refractivity contribution >= 4 is 34.9 Å². The maximum Gasteiger partial charge on any atom is 0.230 e. The molecule has 122 valence electrons. The van der Waals surface area contributed by atoms with Gasteiger partial charge >= 0.3 is 0 Å². The number of nitrogens with zero attached hydrogens (tertiary/aromatic N) is 4. The van der Waals surface area contributed by atoms with Gasteiger partial charge in [0, 0.05) is 12.4 Å². The fourth-order valence-electron chi connectivity index (χ4n) is 2.80. The molecule has 0 amide bonds. The second-order valence-corrected chi connectivity index (χ2v) is 6.11. The highest BCUT2D eigenvalue weighted by atomic mass is 32.2. The lowest BCUT2D eigenvalue weighted by atomic mass is 9.83. The van der Waals surface area contributed by atoms with Crippen LogP contribution in [0.2, 0.25) is 0 Å². The van der Waals surface area contributed by atoms with Gasteiger partial charge in [-0.1, -0.05) is 0 Å². The molecular formula is C16H14N4O3S. The van der Waals surface area contributed by atoms with Crippen LogP contribution in [0.25, 0.3) is 0 Å². The minimum absolute atomic E-state index is 0.0519. The lowest BCUT2D eigenvalue weighted by Gasteiger charge is -2.42. The van der Waals surface area contributed by atoms with Crippen LogP contribution < -0.4 is 0 Å². The molecule has 0 bridgehead atoms. The molecule has 4 aliphatic heterocycles. The summed E-state index contributed by atoms with van der Waals surface area (Å²) in [5.74, 6) is 0. The lowest BCUT2D eigenvalue weighted by Crippen LogP contribution is -2.62. The van der Waals surface area contributed by atoms with Gasteiger partial charge < -0.3 is 14.2 Å². The lowest BCUT2D eigenvalue weighted by molar-refractivity contribution is 0.0326. The van der Waals surface area contributed by atoms with Crippen LogP contribution in [-0.4, -0.2) is 46.7 Å². The average Bonchev–Trinajstić information content (AvgIpc) is 2.70. The zero-order valence-electron chi connectivity index (χ0n) is 12.6. The third kappa shape index (κ3) is 2.48. The van der Waals surface area contributed by atoms with Gasteiger partial charge in [-0.05, 0) is 6.08 Å². The molecule has 0 spiro atoms. The molecular weight excluding hydrogens is 328 g/mol. The fraction of sp³-hybridized carbons (Fsp3) is 0.250. The van der Waals surface area contributed by atoms with E-state index in [0.717, 1.165) is 5.71 Å². The van der Waals surface area contributed by atoms with Crippen LogP contribution >= 0.6 is 11.8 Å². The summed E-state index contributed by atoms with van der Waals surface area (Å²) >= 11 is 1.54. The van der Waals surface area contributed by atoms with E-state index < -0.39 is 11.7 Å². The van der Waals surface area contributed by atoms with E-state index in [4.69, 9.17) is 14.2 Å². The standard InChI is InChI=1S/C16H14N4O3S/c1-2-18-11-24-12(1)15-16(23-8-5-20-15,13-10-21-6-4-19-13)14-9-17-3-7-22-14/h1-9,11-12,14H,10H2. The van der Waals surface area contributed by atoms with Crippen molar-refractivity contribution in [2.24, 2.45) is 20.0 Å². The SMILES string of the molecule is C1=COC(C2(C3=NC=COC3)OC=CN=C2C2C=CN=CS2)C=N1.